The van der Waals surface area contributed by atoms with Crippen molar-refractivity contribution < 1.29 is 29.3 Å². The van der Waals surface area contributed by atoms with Crippen LogP contribution in [0.2, 0.25) is 0 Å². The van der Waals surface area contributed by atoms with Crippen LogP contribution in [0.5, 0.6) is 0 Å². The molecule has 4 rings (SSSR count). The number of anilines is 1. The first kappa shape index (κ1) is 34.9. The van der Waals surface area contributed by atoms with Gasteiger partial charge in [-0.05, 0) is 66.3 Å². The van der Waals surface area contributed by atoms with Crippen molar-refractivity contribution in [2.75, 3.05) is 5.32 Å². The van der Waals surface area contributed by atoms with Crippen molar-refractivity contribution >= 4 is 17.6 Å². The Kier molecular flexibility index (Phi) is 14.3. The average molecular weight is 591 g/mol. The number of carboxylic acids is 1. The number of amides is 1. The minimum Gasteiger partial charge on any atom is -0.481 e. The predicted octanol–water partition coefficient (Wildman–Crippen LogP) is 7.87. The van der Waals surface area contributed by atoms with Crippen LogP contribution in [0, 0.1) is 5.82 Å². The molecule has 0 radical (unpaired) electrons. The number of aliphatic carboxylic acids is 1. The molecule has 8 heteroatoms. The molecule has 230 valence electrons. The minimum atomic E-state index is -1.04. The molecule has 1 amide bonds. The summed E-state index contributed by atoms with van der Waals surface area (Å²) in [5.41, 5.74) is 5.58. The Morgan fingerprint density at radius 3 is 1.91 bits per heavy atom. The molecule has 0 aliphatic carbocycles. The molecule has 1 aromatic heterocycles. The van der Waals surface area contributed by atoms with Crippen LogP contribution in [0.1, 0.15) is 75.9 Å². The van der Waals surface area contributed by atoms with Crippen LogP contribution in [0.15, 0.2) is 84.9 Å². The van der Waals surface area contributed by atoms with Crippen molar-refractivity contribution in [3.8, 4) is 22.4 Å². The van der Waals surface area contributed by atoms with E-state index in [0.29, 0.717) is 12.0 Å². The maximum atomic E-state index is 13.5. The number of aromatic amines is 1. The van der Waals surface area contributed by atoms with Crippen molar-refractivity contribution in [1.29, 1.82) is 0 Å². The maximum Gasteiger partial charge on any atom is 0.305 e. The van der Waals surface area contributed by atoms with Crippen LogP contribution >= 0.6 is 0 Å². The molecule has 0 bridgehead atoms. The molecular formula is C35H43FN2O5. The lowest BCUT2D eigenvalue weighted by molar-refractivity contribution is -0.139. The Morgan fingerprint density at radius 1 is 0.837 bits per heavy atom. The quantitative estimate of drug-likeness (QED) is 0.129. The summed E-state index contributed by atoms with van der Waals surface area (Å²) in [4.78, 5) is 26.9. The highest BCUT2D eigenvalue weighted by molar-refractivity contribution is 6.12. The molecule has 2 atom stereocenters. The molecule has 0 saturated heterocycles. The molecule has 0 spiro atoms. The Balaban J connectivity index is 0.000000422. The molecule has 0 aliphatic heterocycles. The second kappa shape index (κ2) is 17.6. The topological polar surface area (TPSA) is 123 Å². The number of H-pyrrole nitrogens is 1. The molecule has 1 heterocycles. The number of aliphatic hydroxyl groups is 2. The monoisotopic (exact) mass is 590 g/mol. The third-order valence-electron chi connectivity index (χ3n) is 6.49. The van der Waals surface area contributed by atoms with Crippen LogP contribution in [0.3, 0.4) is 0 Å². The molecule has 0 fully saturated rings. The van der Waals surface area contributed by atoms with Crippen molar-refractivity contribution in [1.82, 2.24) is 4.98 Å². The molecular weight excluding hydrogens is 547 g/mol. The Labute approximate surface area is 253 Å². The zero-order valence-corrected chi connectivity index (χ0v) is 25.5. The van der Waals surface area contributed by atoms with E-state index in [0.717, 1.165) is 33.8 Å². The average Bonchev–Trinajstić information content (AvgIpc) is 3.41. The Hall–Kier alpha value is -4.27. The molecule has 0 aliphatic rings. The van der Waals surface area contributed by atoms with Gasteiger partial charge in [0.15, 0.2) is 0 Å². The van der Waals surface area contributed by atoms with Crippen LogP contribution < -0.4 is 5.32 Å². The summed E-state index contributed by atoms with van der Waals surface area (Å²) in [5.74, 6) is -1.41. The van der Waals surface area contributed by atoms with E-state index in [1.54, 1.807) is 19.1 Å². The van der Waals surface area contributed by atoms with E-state index >= 15 is 0 Å². The number of halogens is 1. The van der Waals surface area contributed by atoms with E-state index in [1.807, 2.05) is 88.4 Å². The number of benzene rings is 3. The number of nitrogens with one attached hydrogen (secondary N) is 2. The maximum absolute atomic E-state index is 13.5. The second-order valence-corrected chi connectivity index (χ2v) is 10.1. The van der Waals surface area contributed by atoms with Gasteiger partial charge in [0.2, 0.25) is 0 Å². The van der Waals surface area contributed by atoms with E-state index in [4.69, 9.17) is 15.3 Å². The summed E-state index contributed by atoms with van der Waals surface area (Å²) in [7, 11) is 0. The largest absolute Gasteiger partial charge is 0.481 e. The van der Waals surface area contributed by atoms with Crippen molar-refractivity contribution in [3.63, 3.8) is 0 Å². The standard InChI is InChI=1S/C26H23FN2O.C7H14O4.C2H6/c1-17(2)24-23(26(30)28-21-11-7-4-8-12-21)22(18-9-5-3-6-10-18)25(29-24)19-13-15-20(27)16-14-19;1-2-5(8)3-6(9)4-7(10)11;1-2/h3-17,29H,1-2H3,(H,28,30);5-6,8-9H,2-4H2,1H3,(H,10,11);1-2H3. The van der Waals surface area contributed by atoms with Crippen molar-refractivity contribution in [2.45, 2.75) is 72.0 Å². The minimum absolute atomic E-state index is 0.0955. The summed E-state index contributed by atoms with van der Waals surface area (Å²) in [5, 5.41) is 29.2. The number of aromatic nitrogens is 1. The number of hydrogen-bond donors (Lipinski definition) is 5. The van der Waals surface area contributed by atoms with E-state index < -0.39 is 18.2 Å². The van der Waals surface area contributed by atoms with Gasteiger partial charge in [0.25, 0.3) is 5.91 Å². The molecule has 0 saturated carbocycles. The molecule has 43 heavy (non-hydrogen) atoms. The van der Waals surface area contributed by atoms with Crippen molar-refractivity contribution in [2.24, 2.45) is 0 Å². The lowest BCUT2D eigenvalue weighted by atomic mass is 9.94. The first-order chi connectivity index (χ1) is 20.6. The van der Waals surface area contributed by atoms with Gasteiger partial charge in [0, 0.05) is 16.9 Å². The molecule has 7 nitrogen and oxygen atoms in total. The lowest BCUT2D eigenvalue weighted by Gasteiger charge is -2.11. The van der Waals surface area contributed by atoms with Crippen LogP contribution in [0.25, 0.3) is 22.4 Å². The van der Waals surface area contributed by atoms with Gasteiger partial charge in [-0.1, -0.05) is 83.1 Å². The fraction of sp³-hybridized carbons (Fsp3) is 0.314. The van der Waals surface area contributed by atoms with E-state index in [1.165, 1.54) is 12.1 Å². The van der Waals surface area contributed by atoms with Crippen LogP contribution in [0.4, 0.5) is 10.1 Å². The fourth-order valence-corrected chi connectivity index (χ4v) is 4.40. The summed E-state index contributed by atoms with van der Waals surface area (Å²) >= 11 is 0. The SMILES string of the molecule is CC.CC(C)c1[nH]c(-c2ccc(F)cc2)c(-c2ccccc2)c1C(=O)Nc1ccccc1.CCC(O)CC(O)CC(=O)O. The number of rotatable bonds is 10. The van der Waals surface area contributed by atoms with Gasteiger partial charge in [-0.2, -0.15) is 0 Å². The number of carbonyl (C=O) groups is 2. The zero-order chi connectivity index (χ0) is 31.9. The first-order valence-corrected chi connectivity index (χ1v) is 14.6. The van der Waals surface area contributed by atoms with Gasteiger partial charge in [-0.3, -0.25) is 9.59 Å². The highest BCUT2D eigenvalue weighted by Crippen LogP contribution is 2.39. The third-order valence-corrected chi connectivity index (χ3v) is 6.49. The van der Waals surface area contributed by atoms with Crippen LogP contribution in [-0.2, 0) is 4.79 Å². The highest BCUT2D eigenvalue weighted by atomic mass is 19.1. The third kappa shape index (κ3) is 10.5. The van der Waals surface area contributed by atoms with Gasteiger partial charge in [0.05, 0.1) is 29.9 Å². The Bertz CT molecular complexity index is 1400. The number of hydrogen-bond acceptors (Lipinski definition) is 4. The predicted molar refractivity (Wildman–Crippen MR) is 171 cm³/mol. The fourth-order valence-electron chi connectivity index (χ4n) is 4.40. The highest BCUT2D eigenvalue weighted by Gasteiger charge is 2.26. The van der Waals surface area contributed by atoms with Crippen LogP contribution in [-0.4, -0.2) is 44.4 Å². The summed E-state index contributed by atoms with van der Waals surface area (Å²) in [6.45, 7) is 9.88. The smallest absolute Gasteiger partial charge is 0.305 e. The summed E-state index contributed by atoms with van der Waals surface area (Å²) in [6.07, 6.45) is -1.14. The van der Waals surface area contributed by atoms with E-state index in [-0.39, 0.29) is 30.5 Å². The van der Waals surface area contributed by atoms with Gasteiger partial charge < -0.3 is 25.6 Å². The van der Waals surface area contributed by atoms with Gasteiger partial charge in [-0.15, -0.1) is 0 Å². The molecule has 2 unspecified atom stereocenters. The van der Waals surface area contributed by atoms with Gasteiger partial charge in [-0.25, -0.2) is 4.39 Å². The molecule has 3 aromatic carbocycles. The molecule has 5 N–H and O–H groups in total. The lowest BCUT2D eigenvalue weighted by Crippen LogP contribution is -2.19. The summed E-state index contributed by atoms with van der Waals surface area (Å²) in [6, 6.07) is 25.6. The van der Waals surface area contributed by atoms with Crippen molar-refractivity contribution in [3.05, 3.63) is 102 Å². The number of carboxylic acid groups (broad SMARTS) is 1. The Morgan fingerprint density at radius 2 is 1.40 bits per heavy atom. The normalized spacial score (nSPS) is 11.8. The number of para-hydroxylation sites is 1. The van der Waals surface area contributed by atoms with E-state index in [9.17, 15) is 14.0 Å². The second-order valence-electron chi connectivity index (χ2n) is 10.1. The van der Waals surface area contributed by atoms with Gasteiger partial charge in [0.1, 0.15) is 5.82 Å². The van der Waals surface area contributed by atoms with Gasteiger partial charge >= 0.3 is 5.97 Å². The zero-order valence-electron chi connectivity index (χ0n) is 25.5. The number of aliphatic hydroxyl groups excluding tert-OH is 2. The molecule has 4 aromatic rings. The number of carbonyl (C=O) groups excluding carboxylic acids is 1. The summed E-state index contributed by atoms with van der Waals surface area (Å²) < 4.78 is 13.5. The first-order valence-electron chi connectivity index (χ1n) is 14.6. The van der Waals surface area contributed by atoms with E-state index in [2.05, 4.69) is 10.3 Å².